The highest BCUT2D eigenvalue weighted by atomic mass is 32.1. The maximum atomic E-state index is 12.3. The van der Waals surface area contributed by atoms with Crippen LogP contribution in [0.1, 0.15) is 49.9 Å². The van der Waals surface area contributed by atoms with Gasteiger partial charge in [0.2, 0.25) is 5.91 Å². The lowest BCUT2D eigenvalue weighted by Gasteiger charge is -2.27. The molecule has 0 fully saturated rings. The summed E-state index contributed by atoms with van der Waals surface area (Å²) in [6, 6.07) is 5.99. The van der Waals surface area contributed by atoms with Gasteiger partial charge in [0.25, 0.3) is 0 Å². The van der Waals surface area contributed by atoms with Gasteiger partial charge < -0.3 is 5.32 Å². The largest absolute Gasteiger partial charge is 0.311 e. The zero-order valence-electron chi connectivity index (χ0n) is 14.1. The fraction of sp³-hybridized carbons (Fsp3) is 0.412. The highest BCUT2D eigenvalue weighted by Crippen LogP contribution is 2.44. The molecule has 1 atom stereocenters. The van der Waals surface area contributed by atoms with Crippen LogP contribution in [0.2, 0.25) is 0 Å². The predicted octanol–water partition coefficient (Wildman–Crippen LogP) is 3.20. The third kappa shape index (κ3) is 2.23. The van der Waals surface area contributed by atoms with Gasteiger partial charge in [0, 0.05) is 30.4 Å². The van der Waals surface area contributed by atoms with Crippen LogP contribution in [-0.4, -0.2) is 24.4 Å². The lowest BCUT2D eigenvalue weighted by molar-refractivity contribution is -0.116. The van der Waals surface area contributed by atoms with Crippen LogP contribution in [0, 0.1) is 0 Å². The standard InChI is InChI=1S/C17H19N5OS/c1-17(2,3)15-13-10(8-12(23)18-16(13)22(4)19-15)9-6-5-7-11-14(9)21-24-20-11/h5-7,10H,8H2,1-4H3,(H,18,23)/t10-/m0/s1. The molecule has 124 valence electrons. The smallest absolute Gasteiger partial charge is 0.226 e. The van der Waals surface area contributed by atoms with E-state index in [1.54, 1.807) is 4.68 Å². The van der Waals surface area contributed by atoms with Crippen LogP contribution < -0.4 is 5.32 Å². The van der Waals surface area contributed by atoms with Crippen molar-refractivity contribution in [1.82, 2.24) is 18.5 Å². The summed E-state index contributed by atoms with van der Waals surface area (Å²) in [5.74, 6) is 0.752. The quantitative estimate of drug-likeness (QED) is 0.738. The SMILES string of the molecule is Cn1nc(C(C)(C)C)c2c1NC(=O)C[C@H]2c1cccc2nsnc12. The third-order valence-corrected chi connectivity index (χ3v) is 5.03. The van der Waals surface area contributed by atoms with Crippen molar-refractivity contribution in [3.63, 3.8) is 0 Å². The molecule has 1 amide bonds. The number of benzene rings is 1. The minimum absolute atomic E-state index is 0.0103. The van der Waals surface area contributed by atoms with Gasteiger partial charge in [0.1, 0.15) is 16.9 Å². The maximum Gasteiger partial charge on any atom is 0.226 e. The van der Waals surface area contributed by atoms with Crippen molar-refractivity contribution in [3.05, 3.63) is 35.0 Å². The van der Waals surface area contributed by atoms with Gasteiger partial charge in [-0.15, -0.1) is 0 Å². The van der Waals surface area contributed by atoms with Gasteiger partial charge in [-0.2, -0.15) is 13.8 Å². The maximum absolute atomic E-state index is 12.3. The fourth-order valence-electron chi connectivity index (χ4n) is 3.42. The summed E-state index contributed by atoms with van der Waals surface area (Å²) in [6.45, 7) is 6.44. The average Bonchev–Trinajstić information content (AvgIpc) is 3.11. The molecule has 0 bridgehead atoms. The van der Waals surface area contributed by atoms with Crippen molar-refractivity contribution in [2.24, 2.45) is 7.05 Å². The van der Waals surface area contributed by atoms with E-state index in [1.165, 1.54) is 11.7 Å². The molecule has 1 aliphatic heterocycles. The van der Waals surface area contributed by atoms with Gasteiger partial charge in [0.15, 0.2) is 0 Å². The zero-order valence-corrected chi connectivity index (χ0v) is 14.9. The van der Waals surface area contributed by atoms with E-state index in [1.807, 2.05) is 19.2 Å². The highest BCUT2D eigenvalue weighted by molar-refractivity contribution is 7.00. The molecular weight excluding hydrogens is 322 g/mol. The highest BCUT2D eigenvalue weighted by Gasteiger charge is 2.37. The van der Waals surface area contributed by atoms with Gasteiger partial charge in [-0.25, -0.2) is 0 Å². The number of anilines is 1. The first-order valence-corrected chi connectivity index (χ1v) is 8.67. The van der Waals surface area contributed by atoms with E-state index in [4.69, 9.17) is 5.10 Å². The minimum atomic E-state index is -0.111. The molecule has 7 heteroatoms. The lowest BCUT2D eigenvalue weighted by atomic mass is 9.79. The van der Waals surface area contributed by atoms with Crippen molar-refractivity contribution in [3.8, 4) is 0 Å². The molecule has 1 aliphatic rings. The second-order valence-electron chi connectivity index (χ2n) is 7.27. The number of hydrogen-bond acceptors (Lipinski definition) is 5. The molecule has 0 saturated carbocycles. The molecule has 0 aliphatic carbocycles. The van der Waals surface area contributed by atoms with Crippen LogP contribution in [0.15, 0.2) is 18.2 Å². The summed E-state index contributed by atoms with van der Waals surface area (Å²) < 4.78 is 10.6. The van der Waals surface area contributed by atoms with Gasteiger partial charge in [-0.1, -0.05) is 32.9 Å². The van der Waals surface area contributed by atoms with Gasteiger partial charge in [-0.3, -0.25) is 9.48 Å². The third-order valence-electron chi connectivity index (χ3n) is 4.48. The van der Waals surface area contributed by atoms with Crippen LogP contribution in [0.5, 0.6) is 0 Å². The number of fused-ring (bicyclic) bond motifs is 2. The normalized spacial score (nSPS) is 17.8. The Balaban J connectivity index is 1.99. The number of nitrogens with one attached hydrogen (secondary N) is 1. The molecule has 0 saturated heterocycles. The summed E-state index contributed by atoms with van der Waals surface area (Å²) in [5, 5.41) is 7.70. The van der Waals surface area contributed by atoms with Crippen molar-refractivity contribution in [2.45, 2.75) is 38.5 Å². The monoisotopic (exact) mass is 341 g/mol. The Morgan fingerprint density at radius 3 is 2.83 bits per heavy atom. The Morgan fingerprint density at radius 1 is 1.29 bits per heavy atom. The molecule has 6 nitrogen and oxygen atoms in total. The fourth-order valence-corrected chi connectivity index (χ4v) is 3.97. The first-order valence-electron chi connectivity index (χ1n) is 7.94. The minimum Gasteiger partial charge on any atom is -0.311 e. The molecule has 4 rings (SSSR count). The number of carbonyl (C=O) groups is 1. The molecule has 3 aromatic rings. The summed E-state index contributed by atoms with van der Waals surface area (Å²) in [6.07, 6.45) is 0.401. The first kappa shape index (κ1) is 15.3. The van der Waals surface area contributed by atoms with Crippen molar-refractivity contribution in [1.29, 1.82) is 0 Å². The molecule has 1 aromatic carbocycles. The molecule has 24 heavy (non-hydrogen) atoms. The van der Waals surface area contributed by atoms with E-state index < -0.39 is 0 Å². The topological polar surface area (TPSA) is 72.7 Å². The number of carbonyl (C=O) groups excluding carboxylic acids is 1. The summed E-state index contributed by atoms with van der Waals surface area (Å²) in [4.78, 5) is 12.3. The van der Waals surface area contributed by atoms with E-state index in [-0.39, 0.29) is 17.2 Å². The Hall–Kier alpha value is -2.28. The number of nitrogens with zero attached hydrogens (tertiary/aromatic N) is 4. The van der Waals surface area contributed by atoms with Crippen LogP contribution >= 0.6 is 11.7 Å². The summed E-state index contributed by atoms with van der Waals surface area (Å²) in [7, 11) is 1.88. The molecule has 3 heterocycles. The van der Waals surface area contributed by atoms with Crippen LogP contribution in [0.4, 0.5) is 5.82 Å². The first-order chi connectivity index (χ1) is 11.4. The zero-order chi connectivity index (χ0) is 17.1. The van der Waals surface area contributed by atoms with Crippen molar-refractivity contribution in [2.75, 3.05) is 5.32 Å². The van der Waals surface area contributed by atoms with E-state index in [2.05, 4.69) is 40.9 Å². The van der Waals surface area contributed by atoms with Gasteiger partial charge in [-0.05, 0) is 11.6 Å². The molecular formula is C17H19N5OS. The number of aryl methyl sites for hydroxylation is 1. The number of hydrogen-bond donors (Lipinski definition) is 1. The summed E-state index contributed by atoms with van der Waals surface area (Å²) in [5.41, 5.74) is 4.83. The van der Waals surface area contributed by atoms with E-state index >= 15 is 0 Å². The van der Waals surface area contributed by atoms with Gasteiger partial charge in [0.05, 0.1) is 17.4 Å². The number of aromatic nitrogens is 4. The van der Waals surface area contributed by atoms with Crippen LogP contribution in [0.3, 0.4) is 0 Å². The Bertz CT molecular complexity index is 950. The molecule has 0 radical (unpaired) electrons. The Kier molecular flexibility index (Phi) is 3.25. The second kappa shape index (κ2) is 5.11. The van der Waals surface area contributed by atoms with Crippen LogP contribution in [-0.2, 0) is 17.3 Å². The van der Waals surface area contributed by atoms with E-state index in [0.717, 1.165) is 33.7 Å². The Labute approximate surface area is 144 Å². The van der Waals surface area contributed by atoms with Gasteiger partial charge >= 0.3 is 0 Å². The summed E-state index contributed by atoms with van der Waals surface area (Å²) >= 11 is 1.21. The predicted molar refractivity (Wildman–Crippen MR) is 94.4 cm³/mol. The van der Waals surface area contributed by atoms with E-state index in [0.29, 0.717) is 6.42 Å². The number of amides is 1. The molecule has 1 N–H and O–H groups in total. The second-order valence-corrected chi connectivity index (χ2v) is 7.80. The molecule has 2 aromatic heterocycles. The molecule has 0 unspecified atom stereocenters. The average molecular weight is 341 g/mol. The Morgan fingerprint density at radius 2 is 2.08 bits per heavy atom. The van der Waals surface area contributed by atoms with E-state index in [9.17, 15) is 4.79 Å². The van der Waals surface area contributed by atoms with Crippen LogP contribution in [0.25, 0.3) is 11.0 Å². The number of rotatable bonds is 1. The lowest BCUT2D eigenvalue weighted by Crippen LogP contribution is -2.26. The molecule has 0 spiro atoms. The van der Waals surface area contributed by atoms with Crippen molar-refractivity contribution < 1.29 is 4.79 Å². The van der Waals surface area contributed by atoms with Crippen molar-refractivity contribution >= 4 is 34.5 Å².